The van der Waals surface area contributed by atoms with E-state index in [0.29, 0.717) is 25.2 Å². The third-order valence-electron chi connectivity index (χ3n) is 14.8. The molecule has 73 heavy (non-hydrogen) atoms. The van der Waals surface area contributed by atoms with E-state index in [4.69, 9.17) is 28.4 Å². The number of carboxylic acids is 1. The summed E-state index contributed by atoms with van der Waals surface area (Å²) in [5, 5.41) is 85.5. The average Bonchev–Trinajstić information content (AvgIpc) is 4.03. The lowest BCUT2D eigenvalue weighted by molar-refractivity contribution is -0.384. The van der Waals surface area contributed by atoms with Gasteiger partial charge >= 0.3 is 11.9 Å². The molecule has 6 unspecified atom stereocenters. The molecule has 6 N–H and O–H groups in total. The van der Waals surface area contributed by atoms with E-state index in [1.807, 2.05) is 16.8 Å². The number of rotatable bonds is 21. The highest BCUT2D eigenvalue weighted by molar-refractivity contribution is 5.89. The van der Waals surface area contributed by atoms with E-state index in [1.165, 1.54) is 31.2 Å². The van der Waals surface area contributed by atoms with Gasteiger partial charge in [0, 0.05) is 67.3 Å². The molecule has 2 aromatic heterocycles. The van der Waals surface area contributed by atoms with Crippen molar-refractivity contribution in [3.8, 4) is 0 Å². The van der Waals surface area contributed by atoms with Gasteiger partial charge in [0.05, 0.1) is 41.1 Å². The van der Waals surface area contributed by atoms with E-state index < -0.39 is 115 Å². The predicted octanol–water partition coefficient (Wildman–Crippen LogP) is 3.49. The second kappa shape index (κ2) is 24.4. The van der Waals surface area contributed by atoms with Crippen LogP contribution in [0.25, 0.3) is 10.9 Å². The van der Waals surface area contributed by atoms with Crippen molar-refractivity contribution in [3.63, 3.8) is 0 Å². The summed E-state index contributed by atoms with van der Waals surface area (Å²) in [6.45, 7) is 3.68. The highest BCUT2D eigenvalue weighted by Crippen LogP contribution is 2.40. The van der Waals surface area contributed by atoms with E-state index >= 15 is 0 Å². The molecule has 2 saturated carbocycles. The van der Waals surface area contributed by atoms with Crippen molar-refractivity contribution < 1.29 is 78.4 Å². The molecular formula is C51H67N5O17. The van der Waals surface area contributed by atoms with Gasteiger partial charge in [-0.3, -0.25) is 19.6 Å². The fourth-order valence-electron chi connectivity index (χ4n) is 10.8. The smallest absolute Gasteiger partial charge is 0.338 e. The average molecular weight is 1020 g/mol. The lowest BCUT2D eigenvalue weighted by Gasteiger charge is -2.48. The number of nitro benzene ring substituents is 1. The minimum atomic E-state index is -1.70. The van der Waals surface area contributed by atoms with Crippen LogP contribution in [0.3, 0.4) is 0 Å². The van der Waals surface area contributed by atoms with E-state index in [9.17, 15) is 55.1 Å². The maximum absolute atomic E-state index is 14.3. The minimum Gasteiger partial charge on any atom is -0.479 e. The second-order valence-corrected chi connectivity index (χ2v) is 20.0. The quantitative estimate of drug-likeness (QED) is 0.0395. The van der Waals surface area contributed by atoms with Crippen LogP contribution in [0.4, 0.5) is 5.69 Å². The number of ketones is 1. The molecule has 4 heterocycles. The molecule has 2 aliphatic heterocycles. The van der Waals surface area contributed by atoms with Crippen molar-refractivity contribution in [1.29, 1.82) is 0 Å². The summed E-state index contributed by atoms with van der Waals surface area (Å²) in [7, 11) is 0. The molecule has 0 spiro atoms. The number of nitrogens with zero attached hydrogens (tertiary/aromatic N) is 5. The molecule has 2 saturated heterocycles. The standard InChI is InChI=1S/C51H67N5O17/c1-28-22-33(37(58)17-14-34-26-55(53-52-34)20-9-19-54-21-18-32-24-35(56(66)67)15-16-36(32)54)25-38(45(28)73-50-44(62)43(61)41(59)29(2)68-50)70-51-47(72-49(65)31-12-7-4-8-13-31)46(42(60)40(27-57)71-51)69-39(48(63)64)23-30-10-5-3-6-11-30/h4,7-8,12-13,15-16,18,21,24,26,28-30,33,38-47,50-51,57,59-62H,3,5-6,9-11,14,17,19-20,22-23,25,27H2,1-2H3,(H,63,64)/t28?,29?,33?,38-,39+,40+,41-,42+,43+,44?,45-,46?,47?,50+,51-/m1/s1. The molecule has 22 heteroatoms. The van der Waals surface area contributed by atoms with Gasteiger partial charge in [0.1, 0.15) is 42.4 Å². The van der Waals surface area contributed by atoms with E-state index in [1.54, 1.807) is 42.1 Å². The maximum Gasteiger partial charge on any atom is 0.338 e. The third-order valence-corrected chi connectivity index (χ3v) is 14.8. The van der Waals surface area contributed by atoms with Gasteiger partial charge in [-0.2, -0.15) is 0 Å². The van der Waals surface area contributed by atoms with Crippen LogP contribution in [-0.4, -0.2) is 159 Å². The number of non-ortho nitro benzene ring substituents is 1. The molecule has 0 radical (unpaired) electrons. The maximum atomic E-state index is 14.3. The summed E-state index contributed by atoms with van der Waals surface area (Å²) in [6.07, 6.45) is -9.21. The number of hydrogen-bond donors (Lipinski definition) is 6. The summed E-state index contributed by atoms with van der Waals surface area (Å²) >= 11 is 0. The molecule has 2 aromatic carbocycles. The fraction of sp³-hybridized carbons (Fsp3) is 0.627. The first kappa shape index (κ1) is 54.0. The first-order chi connectivity index (χ1) is 35.1. The zero-order chi connectivity index (χ0) is 51.9. The monoisotopic (exact) mass is 1020 g/mol. The number of aliphatic hydroxyl groups is 5. The molecule has 0 amide bonds. The highest BCUT2D eigenvalue weighted by atomic mass is 16.7. The first-order valence-corrected chi connectivity index (χ1v) is 25.3. The zero-order valence-electron chi connectivity index (χ0n) is 40.9. The lowest BCUT2D eigenvalue weighted by atomic mass is 9.75. The molecule has 4 aromatic rings. The number of aliphatic carboxylic acids is 1. The van der Waals surface area contributed by atoms with Crippen molar-refractivity contribution in [2.75, 3.05) is 6.61 Å². The van der Waals surface area contributed by atoms with Gasteiger partial charge in [0.25, 0.3) is 5.69 Å². The number of carbonyl (C=O) groups excluding carboxylic acids is 2. The Morgan fingerprint density at radius 2 is 1.64 bits per heavy atom. The predicted molar refractivity (Wildman–Crippen MR) is 255 cm³/mol. The Hall–Kier alpha value is -5.27. The summed E-state index contributed by atoms with van der Waals surface area (Å²) in [5.74, 6) is -3.43. The normalized spacial score (nSPS) is 31.5. The summed E-state index contributed by atoms with van der Waals surface area (Å²) in [6, 6.07) is 14.5. The van der Waals surface area contributed by atoms with Crippen LogP contribution >= 0.6 is 0 Å². The topological polar surface area (TPSA) is 307 Å². The summed E-state index contributed by atoms with van der Waals surface area (Å²) < 4.78 is 41.2. The number of benzene rings is 2. The summed E-state index contributed by atoms with van der Waals surface area (Å²) in [4.78, 5) is 51.8. The largest absolute Gasteiger partial charge is 0.479 e. The zero-order valence-corrected chi connectivity index (χ0v) is 40.9. The number of carbonyl (C=O) groups is 3. The van der Waals surface area contributed by atoms with Gasteiger partial charge in [-0.1, -0.05) is 62.4 Å². The van der Waals surface area contributed by atoms with Crippen molar-refractivity contribution >= 4 is 34.3 Å². The van der Waals surface area contributed by atoms with Crippen LogP contribution in [0.15, 0.2) is 67.0 Å². The number of fused-ring (bicyclic) bond motifs is 1. The Morgan fingerprint density at radius 1 is 0.877 bits per heavy atom. The van der Waals surface area contributed by atoms with Crippen molar-refractivity contribution in [2.24, 2.45) is 17.8 Å². The number of aryl methyl sites for hydroxylation is 3. The van der Waals surface area contributed by atoms with Crippen molar-refractivity contribution in [1.82, 2.24) is 19.6 Å². The minimum absolute atomic E-state index is 0.0119. The Morgan fingerprint density at radius 3 is 2.37 bits per heavy atom. The number of Topliss-reactive ketones (excluding diaryl/α,β-unsaturated/α-hetero) is 1. The Balaban J connectivity index is 1.00. The van der Waals surface area contributed by atoms with Crippen LogP contribution in [0.5, 0.6) is 0 Å². The Kier molecular flexibility index (Phi) is 18.0. The number of esters is 1. The number of aliphatic hydroxyl groups excluding tert-OH is 5. The molecule has 8 rings (SSSR count). The van der Waals surface area contributed by atoms with Gasteiger partial charge in [0.15, 0.2) is 24.8 Å². The lowest BCUT2D eigenvalue weighted by Crippen LogP contribution is -2.64. The summed E-state index contributed by atoms with van der Waals surface area (Å²) in [5.41, 5.74) is 1.60. The van der Waals surface area contributed by atoms with Gasteiger partial charge in [-0.25, -0.2) is 9.59 Å². The number of ether oxygens (including phenoxy) is 6. The Labute approximate surface area is 421 Å². The first-order valence-electron chi connectivity index (χ1n) is 25.3. The molecule has 4 aliphatic rings. The van der Waals surface area contributed by atoms with E-state index in [2.05, 4.69) is 10.3 Å². The molecule has 0 bridgehead atoms. The molecule has 398 valence electrons. The third kappa shape index (κ3) is 13.0. The van der Waals surface area contributed by atoms with E-state index in [0.717, 1.165) is 43.0 Å². The van der Waals surface area contributed by atoms with Crippen LogP contribution in [0.1, 0.15) is 94.1 Å². The van der Waals surface area contributed by atoms with Crippen LogP contribution in [0.2, 0.25) is 0 Å². The van der Waals surface area contributed by atoms with Crippen LogP contribution in [0, 0.1) is 27.9 Å². The van der Waals surface area contributed by atoms with Crippen LogP contribution < -0.4 is 0 Å². The number of nitro groups is 1. The molecule has 15 atom stereocenters. The fourth-order valence-corrected chi connectivity index (χ4v) is 10.8. The number of aromatic nitrogens is 4. The van der Waals surface area contributed by atoms with Gasteiger partial charge in [-0.05, 0) is 68.7 Å². The van der Waals surface area contributed by atoms with Gasteiger partial charge in [0.2, 0.25) is 0 Å². The van der Waals surface area contributed by atoms with Crippen molar-refractivity contribution in [3.05, 3.63) is 88.4 Å². The SMILES string of the molecule is CC1O[C@@H](O[C@@H]2C(C)CC(C(=O)CCc3cn(CCCn4ccc5cc([N+](=O)[O-])ccc54)nn3)C[C@H]2O[C@@H]2O[C@@H](CO)[C@H](O)C(O[C@@H](CC3CCCCC3)C(=O)O)C2OC(=O)c2ccccc2)C(O)[C@@H](O)[C@@H]1O. The van der Waals surface area contributed by atoms with Gasteiger partial charge in [-0.15, -0.1) is 5.10 Å². The molecule has 2 aliphatic carbocycles. The van der Waals surface area contributed by atoms with Gasteiger partial charge < -0.3 is 63.6 Å². The molecule has 4 fully saturated rings. The second-order valence-electron chi connectivity index (χ2n) is 20.0. The number of carboxylic acid groups (broad SMARTS) is 1. The highest BCUT2D eigenvalue weighted by Gasteiger charge is 2.54. The molecular weight excluding hydrogens is 955 g/mol. The van der Waals surface area contributed by atoms with Crippen molar-refractivity contribution in [2.45, 2.75) is 177 Å². The molecule has 22 nitrogen and oxygen atoms in total. The number of hydrogen-bond acceptors (Lipinski definition) is 18. The Bertz CT molecular complexity index is 2480. The van der Waals surface area contributed by atoms with Crippen LogP contribution in [-0.2, 0) is 57.5 Å². The van der Waals surface area contributed by atoms with E-state index in [-0.39, 0.29) is 55.1 Å².